The first-order chi connectivity index (χ1) is 12.8. The number of nitrogens with one attached hydrogen (secondary N) is 2. The number of alkyl halides is 3. The zero-order chi connectivity index (χ0) is 19.6. The maximum Gasteiger partial charge on any atom is 0.417 e. The Bertz CT molecular complexity index is 947. The average molecular weight is 400 g/mol. The molecule has 3 aromatic heterocycles. The number of aromatic amines is 1. The zero-order valence-corrected chi connectivity index (χ0v) is 15.3. The van der Waals surface area contributed by atoms with Crippen LogP contribution in [0, 0.1) is 0 Å². The number of H-pyrrole nitrogens is 1. The van der Waals surface area contributed by atoms with Crippen LogP contribution in [0.25, 0.3) is 5.65 Å². The van der Waals surface area contributed by atoms with Crippen LogP contribution in [-0.4, -0.2) is 44.5 Å². The molecule has 0 aliphatic rings. The van der Waals surface area contributed by atoms with Gasteiger partial charge in [0.05, 0.1) is 23.7 Å². The molecule has 144 valence electrons. The number of halogens is 4. The number of hydrogen-bond donors (Lipinski definition) is 2. The van der Waals surface area contributed by atoms with E-state index in [1.54, 1.807) is 7.05 Å². The summed E-state index contributed by atoms with van der Waals surface area (Å²) in [4.78, 5) is 9.14. The largest absolute Gasteiger partial charge is 0.417 e. The second-order valence-corrected chi connectivity index (χ2v) is 6.24. The van der Waals surface area contributed by atoms with Crippen molar-refractivity contribution in [1.29, 1.82) is 0 Å². The quantitative estimate of drug-likeness (QED) is 0.522. The molecular formula is C16H17ClF3N7. The topological polar surface area (TPSA) is 73.6 Å². The summed E-state index contributed by atoms with van der Waals surface area (Å²) in [5, 5.41) is 10.8. The van der Waals surface area contributed by atoms with E-state index in [-0.39, 0.29) is 23.0 Å². The SMILES string of the molecule is CN=C(NCc1nnc2c(Cl)cc(C(F)(F)F)cn12)N(C)Cc1ccc[nH]1. The van der Waals surface area contributed by atoms with Crippen LogP contribution in [-0.2, 0) is 19.3 Å². The molecule has 0 saturated carbocycles. The predicted octanol–water partition coefficient (Wildman–Crippen LogP) is 2.94. The summed E-state index contributed by atoms with van der Waals surface area (Å²) in [5.74, 6) is 0.840. The highest BCUT2D eigenvalue weighted by Crippen LogP contribution is 2.32. The molecule has 0 aliphatic carbocycles. The van der Waals surface area contributed by atoms with Gasteiger partial charge in [-0.1, -0.05) is 11.6 Å². The minimum absolute atomic E-state index is 0.114. The number of fused-ring (bicyclic) bond motifs is 1. The van der Waals surface area contributed by atoms with E-state index in [1.807, 2.05) is 30.3 Å². The van der Waals surface area contributed by atoms with E-state index in [0.717, 1.165) is 18.0 Å². The van der Waals surface area contributed by atoms with Gasteiger partial charge in [-0.25, -0.2) is 0 Å². The molecule has 0 aromatic carbocycles. The van der Waals surface area contributed by atoms with Crippen LogP contribution in [0.1, 0.15) is 17.1 Å². The van der Waals surface area contributed by atoms with Crippen molar-refractivity contribution in [2.24, 2.45) is 4.99 Å². The minimum Gasteiger partial charge on any atom is -0.364 e. The van der Waals surface area contributed by atoms with E-state index in [9.17, 15) is 13.2 Å². The van der Waals surface area contributed by atoms with E-state index in [2.05, 4.69) is 25.5 Å². The summed E-state index contributed by atoms with van der Waals surface area (Å²) >= 11 is 5.92. The van der Waals surface area contributed by atoms with Gasteiger partial charge in [0.25, 0.3) is 0 Å². The third-order valence-corrected chi connectivity index (χ3v) is 4.18. The highest BCUT2D eigenvalue weighted by atomic mass is 35.5. The van der Waals surface area contributed by atoms with Crippen molar-refractivity contribution in [3.8, 4) is 0 Å². The van der Waals surface area contributed by atoms with Gasteiger partial charge < -0.3 is 15.2 Å². The molecule has 0 radical (unpaired) electrons. The Hall–Kier alpha value is -2.75. The lowest BCUT2D eigenvalue weighted by Gasteiger charge is -2.21. The molecule has 3 rings (SSSR count). The Morgan fingerprint density at radius 2 is 2.19 bits per heavy atom. The van der Waals surface area contributed by atoms with E-state index in [1.165, 1.54) is 4.40 Å². The number of rotatable bonds is 4. The van der Waals surface area contributed by atoms with E-state index in [4.69, 9.17) is 11.6 Å². The molecule has 0 unspecified atom stereocenters. The minimum atomic E-state index is -4.51. The summed E-state index contributed by atoms with van der Waals surface area (Å²) in [6.45, 7) is 0.706. The number of hydrogen-bond acceptors (Lipinski definition) is 3. The van der Waals surface area contributed by atoms with E-state index >= 15 is 0 Å². The summed E-state index contributed by atoms with van der Waals surface area (Å²) < 4.78 is 40.3. The molecule has 27 heavy (non-hydrogen) atoms. The molecule has 0 amide bonds. The highest BCUT2D eigenvalue weighted by Gasteiger charge is 2.32. The van der Waals surface area contributed by atoms with Gasteiger partial charge in [-0.2, -0.15) is 13.2 Å². The maximum atomic E-state index is 13.0. The molecule has 0 saturated heterocycles. The molecule has 2 N–H and O–H groups in total. The first-order valence-electron chi connectivity index (χ1n) is 7.94. The van der Waals surface area contributed by atoms with Crippen LogP contribution in [0.3, 0.4) is 0 Å². The van der Waals surface area contributed by atoms with Gasteiger partial charge in [0.2, 0.25) is 0 Å². The van der Waals surface area contributed by atoms with Crippen LogP contribution < -0.4 is 5.32 Å². The second kappa shape index (κ2) is 7.47. The van der Waals surface area contributed by atoms with Gasteiger partial charge in [0.15, 0.2) is 17.4 Å². The molecule has 0 bridgehead atoms. The zero-order valence-electron chi connectivity index (χ0n) is 14.5. The average Bonchev–Trinajstić information content (AvgIpc) is 3.24. The van der Waals surface area contributed by atoms with Crippen molar-refractivity contribution in [1.82, 2.24) is 29.8 Å². The van der Waals surface area contributed by atoms with Crippen LogP contribution in [0.2, 0.25) is 5.02 Å². The number of nitrogens with zero attached hydrogens (tertiary/aromatic N) is 5. The molecule has 3 aromatic rings. The predicted molar refractivity (Wildman–Crippen MR) is 95.5 cm³/mol. The molecule has 3 heterocycles. The lowest BCUT2D eigenvalue weighted by molar-refractivity contribution is -0.137. The fourth-order valence-electron chi connectivity index (χ4n) is 2.61. The Morgan fingerprint density at radius 1 is 1.41 bits per heavy atom. The van der Waals surface area contributed by atoms with Crippen molar-refractivity contribution < 1.29 is 13.2 Å². The lowest BCUT2D eigenvalue weighted by atomic mass is 10.3. The van der Waals surface area contributed by atoms with Crippen LogP contribution in [0.5, 0.6) is 0 Å². The fraction of sp³-hybridized carbons (Fsp3) is 0.312. The molecular weight excluding hydrogens is 383 g/mol. The van der Waals surface area contributed by atoms with E-state index in [0.29, 0.717) is 12.5 Å². The van der Waals surface area contributed by atoms with Crippen LogP contribution in [0.4, 0.5) is 13.2 Å². The monoisotopic (exact) mass is 399 g/mol. The summed E-state index contributed by atoms with van der Waals surface area (Å²) in [5.41, 5.74) is 0.292. The molecule has 7 nitrogen and oxygen atoms in total. The highest BCUT2D eigenvalue weighted by molar-refractivity contribution is 6.33. The first kappa shape index (κ1) is 19.0. The third-order valence-electron chi connectivity index (χ3n) is 3.91. The van der Waals surface area contributed by atoms with Crippen molar-refractivity contribution in [3.63, 3.8) is 0 Å². The maximum absolute atomic E-state index is 13.0. The lowest BCUT2D eigenvalue weighted by Crippen LogP contribution is -2.38. The third kappa shape index (κ3) is 4.16. The molecule has 0 atom stereocenters. The number of pyridine rings is 1. The summed E-state index contributed by atoms with van der Waals surface area (Å²) in [6, 6.07) is 4.67. The number of guanidine groups is 1. The van der Waals surface area contributed by atoms with E-state index < -0.39 is 11.7 Å². The molecule has 0 spiro atoms. The Kier molecular flexibility index (Phi) is 5.26. The number of aliphatic imine (C=N–C) groups is 1. The van der Waals surface area contributed by atoms with Crippen LogP contribution in [0.15, 0.2) is 35.6 Å². The van der Waals surface area contributed by atoms with Crippen molar-refractivity contribution >= 4 is 23.2 Å². The van der Waals surface area contributed by atoms with Crippen LogP contribution >= 0.6 is 11.6 Å². The van der Waals surface area contributed by atoms with Gasteiger partial charge in [-0.3, -0.25) is 9.39 Å². The molecule has 0 fully saturated rings. The van der Waals surface area contributed by atoms with Crippen molar-refractivity contribution in [3.05, 3.63) is 52.7 Å². The van der Waals surface area contributed by atoms with Crippen molar-refractivity contribution in [2.45, 2.75) is 19.3 Å². The van der Waals surface area contributed by atoms with Gasteiger partial charge in [-0.05, 0) is 18.2 Å². The number of aromatic nitrogens is 4. The van der Waals surface area contributed by atoms with Gasteiger partial charge in [-0.15, -0.1) is 10.2 Å². The Balaban J connectivity index is 1.78. The molecule has 0 aliphatic heterocycles. The second-order valence-electron chi connectivity index (χ2n) is 5.84. The molecule has 11 heteroatoms. The van der Waals surface area contributed by atoms with Crippen molar-refractivity contribution in [2.75, 3.05) is 14.1 Å². The first-order valence-corrected chi connectivity index (χ1v) is 8.32. The van der Waals surface area contributed by atoms with Gasteiger partial charge in [0, 0.05) is 32.2 Å². The normalized spacial score (nSPS) is 12.6. The smallest absolute Gasteiger partial charge is 0.364 e. The Morgan fingerprint density at radius 3 is 2.81 bits per heavy atom. The van der Waals surface area contributed by atoms with Gasteiger partial charge >= 0.3 is 6.18 Å². The standard InChI is InChI=1S/C16H17ClF3N7/c1-21-15(26(2)9-11-4-3-5-22-11)23-7-13-24-25-14-12(17)6-10(8-27(13)14)16(18,19)20/h3-6,8,22H,7,9H2,1-2H3,(H,21,23). The summed E-state index contributed by atoms with van der Waals surface area (Å²) in [6.07, 6.45) is -1.76. The van der Waals surface area contributed by atoms with Gasteiger partial charge in [0.1, 0.15) is 0 Å². The summed E-state index contributed by atoms with van der Waals surface area (Å²) in [7, 11) is 3.46. The fourth-order valence-corrected chi connectivity index (χ4v) is 2.86. The Labute approximate surface area is 157 Å².